The van der Waals surface area contributed by atoms with Crippen molar-refractivity contribution in [3.05, 3.63) is 28.8 Å². The Morgan fingerprint density at radius 3 is 2.80 bits per heavy atom. The van der Waals surface area contributed by atoms with Gasteiger partial charge in [-0.05, 0) is 31.0 Å². The van der Waals surface area contributed by atoms with Gasteiger partial charge in [-0.15, -0.1) is 0 Å². The van der Waals surface area contributed by atoms with Crippen LogP contribution in [0.3, 0.4) is 0 Å². The van der Waals surface area contributed by atoms with Crippen LogP contribution < -0.4 is 0 Å². The second-order valence-electron chi connectivity index (χ2n) is 4.22. The first-order chi connectivity index (χ1) is 9.50. The molecule has 1 saturated heterocycles. The molecule has 6 nitrogen and oxygen atoms in total. The number of benzene rings is 1. The van der Waals surface area contributed by atoms with Gasteiger partial charge in [0.2, 0.25) is 16.1 Å². The van der Waals surface area contributed by atoms with Gasteiger partial charge in [-0.2, -0.15) is 14.6 Å². The van der Waals surface area contributed by atoms with Gasteiger partial charge in [0.1, 0.15) is 11.1 Å². The number of halogens is 1. The Bertz CT molecular complexity index is 720. The molecule has 0 N–H and O–H groups in total. The number of nitriles is 1. The molecule has 0 aromatic heterocycles. The van der Waals surface area contributed by atoms with Gasteiger partial charge in [0.05, 0.1) is 16.7 Å². The Morgan fingerprint density at radius 1 is 1.45 bits per heavy atom. The van der Waals surface area contributed by atoms with Crippen LogP contribution >= 0.6 is 11.6 Å². The van der Waals surface area contributed by atoms with Crippen molar-refractivity contribution < 1.29 is 13.2 Å². The van der Waals surface area contributed by atoms with Gasteiger partial charge in [-0.3, -0.25) is 0 Å². The third kappa shape index (κ3) is 2.60. The summed E-state index contributed by atoms with van der Waals surface area (Å²) >= 11 is 5.93. The average Bonchev–Trinajstić information content (AvgIpc) is 2.87. The minimum Gasteiger partial charge on any atom is -0.211 e. The van der Waals surface area contributed by atoms with E-state index < -0.39 is 16.2 Å². The zero-order valence-corrected chi connectivity index (χ0v) is 11.9. The highest BCUT2D eigenvalue weighted by Gasteiger charge is 2.36. The van der Waals surface area contributed by atoms with E-state index in [1.54, 1.807) is 0 Å². The number of nitrogens with zero attached hydrogens (tertiary/aromatic N) is 3. The summed E-state index contributed by atoms with van der Waals surface area (Å²) in [7, 11) is -3.85. The highest BCUT2D eigenvalue weighted by atomic mass is 35.5. The summed E-state index contributed by atoms with van der Waals surface area (Å²) in [4.78, 5) is 13.8. The Labute approximate surface area is 121 Å². The molecule has 20 heavy (non-hydrogen) atoms. The van der Waals surface area contributed by atoms with Crippen LogP contribution in [-0.4, -0.2) is 31.5 Å². The van der Waals surface area contributed by atoms with Gasteiger partial charge >= 0.3 is 0 Å². The molecule has 1 unspecified atom stereocenters. The number of sulfonamides is 1. The minimum atomic E-state index is -3.85. The molecule has 0 spiro atoms. The first-order valence-corrected chi connectivity index (χ1v) is 7.61. The van der Waals surface area contributed by atoms with E-state index in [0.29, 0.717) is 12.8 Å². The van der Waals surface area contributed by atoms with Crippen molar-refractivity contribution in [2.75, 3.05) is 6.54 Å². The molecule has 1 aromatic carbocycles. The molecule has 0 bridgehead atoms. The SMILES string of the molecule is N#Cc1ccc(S(=O)(=O)N2CCCC2N=C=O)c(Cl)c1. The summed E-state index contributed by atoms with van der Waals surface area (Å²) in [6.07, 6.45) is 1.75. The van der Waals surface area contributed by atoms with Gasteiger partial charge in [-0.25, -0.2) is 13.2 Å². The Kier molecular flexibility index (Phi) is 4.21. The Hall–Kier alpha value is -1.71. The van der Waals surface area contributed by atoms with E-state index >= 15 is 0 Å². The van der Waals surface area contributed by atoms with Gasteiger partial charge in [0, 0.05) is 6.54 Å². The predicted molar refractivity (Wildman–Crippen MR) is 71.2 cm³/mol. The standard InChI is InChI=1S/C12H10ClN3O3S/c13-10-6-9(7-14)3-4-11(10)20(18,19)16-5-1-2-12(16)15-8-17/h3-4,6,12H,1-2,5H2. The van der Waals surface area contributed by atoms with Crippen molar-refractivity contribution in [3.8, 4) is 6.07 Å². The number of hydrogen-bond donors (Lipinski definition) is 0. The van der Waals surface area contributed by atoms with Crippen molar-refractivity contribution in [2.45, 2.75) is 23.9 Å². The maximum absolute atomic E-state index is 12.5. The second kappa shape index (κ2) is 5.73. The fourth-order valence-corrected chi connectivity index (χ4v) is 4.21. The predicted octanol–water partition coefficient (Wildman–Crippen LogP) is 1.66. The zero-order valence-electron chi connectivity index (χ0n) is 10.3. The lowest BCUT2D eigenvalue weighted by molar-refractivity contribution is 0.396. The van der Waals surface area contributed by atoms with Crippen molar-refractivity contribution in [1.29, 1.82) is 5.26 Å². The first-order valence-electron chi connectivity index (χ1n) is 5.79. The van der Waals surface area contributed by atoms with Crippen LogP contribution in [-0.2, 0) is 14.8 Å². The Balaban J connectivity index is 2.45. The fourth-order valence-electron chi connectivity index (χ4n) is 2.10. The smallest absolute Gasteiger partial charge is 0.211 e. The van der Waals surface area contributed by atoms with E-state index in [9.17, 15) is 13.2 Å². The molecule has 1 aliphatic heterocycles. The summed E-state index contributed by atoms with van der Waals surface area (Å²) in [6, 6.07) is 5.85. The van der Waals surface area contributed by atoms with Crippen LogP contribution in [0.5, 0.6) is 0 Å². The molecule has 1 heterocycles. The van der Waals surface area contributed by atoms with E-state index in [0.717, 1.165) is 4.31 Å². The summed E-state index contributed by atoms with van der Waals surface area (Å²) < 4.78 is 26.1. The number of rotatable bonds is 3. The topological polar surface area (TPSA) is 90.6 Å². The number of carbonyl (C=O) groups excluding carboxylic acids is 1. The summed E-state index contributed by atoms with van der Waals surface area (Å²) in [5.41, 5.74) is 0.276. The molecular weight excluding hydrogens is 302 g/mol. The molecule has 2 rings (SSSR count). The molecule has 1 fully saturated rings. The number of isocyanates is 1. The quantitative estimate of drug-likeness (QED) is 0.627. The van der Waals surface area contributed by atoms with Crippen LogP contribution in [0, 0.1) is 11.3 Å². The maximum atomic E-state index is 12.5. The molecule has 0 radical (unpaired) electrons. The summed E-state index contributed by atoms with van der Waals surface area (Å²) in [5.74, 6) is 0. The lowest BCUT2D eigenvalue weighted by Crippen LogP contribution is -2.34. The molecular formula is C12H10ClN3O3S. The molecule has 0 amide bonds. The number of aliphatic imine (C=N–C) groups is 1. The third-order valence-corrected chi connectivity index (χ3v) is 5.40. The summed E-state index contributed by atoms with van der Waals surface area (Å²) in [6.45, 7) is 0.272. The van der Waals surface area contributed by atoms with Crippen LogP contribution in [0.25, 0.3) is 0 Å². The van der Waals surface area contributed by atoms with E-state index in [2.05, 4.69) is 4.99 Å². The van der Waals surface area contributed by atoms with Gasteiger partial charge in [-0.1, -0.05) is 11.6 Å². The third-order valence-electron chi connectivity index (χ3n) is 3.02. The van der Waals surface area contributed by atoms with E-state index in [-0.39, 0.29) is 22.0 Å². The van der Waals surface area contributed by atoms with Crippen molar-refractivity contribution in [3.63, 3.8) is 0 Å². The van der Waals surface area contributed by atoms with Crippen molar-refractivity contribution >= 4 is 27.7 Å². The largest absolute Gasteiger partial charge is 0.246 e. The van der Waals surface area contributed by atoms with Gasteiger partial charge in [0.25, 0.3) is 0 Å². The maximum Gasteiger partial charge on any atom is 0.246 e. The molecule has 8 heteroatoms. The van der Waals surface area contributed by atoms with Crippen molar-refractivity contribution in [1.82, 2.24) is 4.31 Å². The minimum absolute atomic E-state index is 0.0233. The number of hydrogen-bond acceptors (Lipinski definition) is 5. The first kappa shape index (κ1) is 14.7. The van der Waals surface area contributed by atoms with E-state index in [4.69, 9.17) is 16.9 Å². The second-order valence-corrected chi connectivity index (χ2v) is 6.48. The molecule has 1 aromatic rings. The fraction of sp³-hybridized carbons (Fsp3) is 0.333. The van der Waals surface area contributed by atoms with Crippen LogP contribution in [0.4, 0.5) is 0 Å². The highest BCUT2D eigenvalue weighted by molar-refractivity contribution is 7.89. The van der Waals surface area contributed by atoms with Crippen LogP contribution in [0.15, 0.2) is 28.1 Å². The van der Waals surface area contributed by atoms with Crippen molar-refractivity contribution in [2.24, 2.45) is 4.99 Å². The normalized spacial score (nSPS) is 19.3. The summed E-state index contributed by atoms with van der Waals surface area (Å²) in [5, 5.41) is 8.73. The van der Waals surface area contributed by atoms with Gasteiger partial charge < -0.3 is 0 Å². The molecule has 0 aliphatic carbocycles. The van der Waals surface area contributed by atoms with Crippen LogP contribution in [0.1, 0.15) is 18.4 Å². The molecule has 104 valence electrons. The molecule has 1 aliphatic rings. The lowest BCUT2D eigenvalue weighted by atomic mass is 10.2. The average molecular weight is 312 g/mol. The van der Waals surface area contributed by atoms with E-state index in [1.807, 2.05) is 6.07 Å². The highest BCUT2D eigenvalue weighted by Crippen LogP contribution is 2.30. The molecule has 0 saturated carbocycles. The monoisotopic (exact) mass is 311 g/mol. The lowest BCUT2D eigenvalue weighted by Gasteiger charge is -2.20. The van der Waals surface area contributed by atoms with E-state index in [1.165, 1.54) is 24.3 Å². The van der Waals surface area contributed by atoms with Gasteiger partial charge in [0.15, 0.2) is 0 Å². The molecule has 1 atom stereocenters. The zero-order chi connectivity index (χ0) is 14.8. The van der Waals surface area contributed by atoms with Crippen LogP contribution in [0.2, 0.25) is 5.02 Å². The Morgan fingerprint density at radius 2 is 2.20 bits per heavy atom.